The summed E-state index contributed by atoms with van der Waals surface area (Å²) in [5.41, 5.74) is 0.687. The van der Waals surface area contributed by atoms with Gasteiger partial charge in [-0.3, -0.25) is 4.79 Å². The molecule has 2 rings (SSSR count). The zero-order valence-electron chi connectivity index (χ0n) is 11.1. The maximum Gasteiger partial charge on any atom is 0.265 e. The molecule has 106 valence electrons. The molecule has 0 spiro atoms. The van der Waals surface area contributed by atoms with Crippen molar-refractivity contribution in [2.24, 2.45) is 0 Å². The van der Waals surface area contributed by atoms with Crippen LogP contribution in [0.4, 0.5) is 0 Å². The predicted molar refractivity (Wildman–Crippen MR) is 90.3 cm³/mol. The molecule has 0 radical (unpaired) electrons. The van der Waals surface area contributed by atoms with E-state index in [4.69, 9.17) is 0 Å². The van der Waals surface area contributed by atoms with Gasteiger partial charge in [0.1, 0.15) is 10.3 Å². The van der Waals surface area contributed by atoms with Crippen molar-refractivity contribution in [2.45, 2.75) is 30.4 Å². The monoisotopic (exact) mass is 416 g/mol. The number of benzene rings is 1. The molecule has 0 fully saturated rings. The Morgan fingerprint density at radius 1 is 1.35 bits per heavy atom. The number of hydrogen-bond acceptors (Lipinski definition) is 3. The van der Waals surface area contributed by atoms with E-state index in [1.165, 1.54) is 0 Å². The molecule has 1 aromatic carbocycles. The summed E-state index contributed by atoms with van der Waals surface area (Å²) in [4.78, 5) is 20.4. The molecule has 0 unspecified atom stereocenters. The van der Waals surface area contributed by atoms with E-state index in [-0.39, 0.29) is 11.5 Å². The first-order chi connectivity index (χ1) is 9.47. The van der Waals surface area contributed by atoms with Crippen molar-refractivity contribution in [3.8, 4) is 0 Å². The molecule has 0 saturated carbocycles. The summed E-state index contributed by atoms with van der Waals surface area (Å²) in [7, 11) is 0. The molecule has 20 heavy (non-hydrogen) atoms. The van der Waals surface area contributed by atoms with Gasteiger partial charge in [0, 0.05) is 9.37 Å². The number of aromatic amines is 1. The van der Waals surface area contributed by atoms with Gasteiger partial charge in [-0.25, -0.2) is 4.98 Å². The van der Waals surface area contributed by atoms with Gasteiger partial charge in [-0.15, -0.1) is 11.8 Å². The van der Waals surface area contributed by atoms with E-state index in [2.05, 4.69) is 41.8 Å². The van der Waals surface area contributed by atoms with Gasteiger partial charge in [0.25, 0.3) is 5.56 Å². The minimum absolute atomic E-state index is 0.117. The van der Waals surface area contributed by atoms with Gasteiger partial charge in [0.05, 0.1) is 11.4 Å². The Kier molecular flexibility index (Phi) is 5.46. The summed E-state index contributed by atoms with van der Waals surface area (Å²) in [5, 5.41) is 0. The summed E-state index contributed by atoms with van der Waals surface area (Å²) >= 11 is 8.39. The standard InChI is InChI=1S/C14H14Br2N2OS/c1-8(2)13-12(16)14(19)18-11(17-13)7-20-10-5-3-4-9(15)6-10/h3-6,8H,7H2,1-2H3,(H,17,18,19). The van der Waals surface area contributed by atoms with E-state index in [1.54, 1.807) is 11.8 Å². The van der Waals surface area contributed by atoms with Gasteiger partial charge < -0.3 is 4.98 Å². The van der Waals surface area contributed by atoms with Gasteiger partial charge >= 0.3 is 0 Å². The molecule has 6 heteroatoms. The third-order valence-corrected chi connectivity index (χ3v) is 4.92. The van der Waals surface area contributed by atoms with Crippen LogP contribution in [0, 0.1) is 0 Å². The Balaban J connectivity index is 2.20. The van der Waals surface area contributed by atoms with Crippen molar-refractivity contribution in [3.05, 3.63) is 55.1 Å². The highest BCUT2D eigenvalue weighted by molar-refractivity contribution is 9.10. The molecule has 0 atom stereocenters. The third-order valence-electron chi connectivity index (χ3n) is 2.66. The molecule has 1 aromatic heterocycles. The number of halogens is 2. The molecule has 2 aromatic rings. The Morgan fingerprint density at radius 3 is 2.75 bits per heavy atom. The van der Waals surface area contributed by atoms with Crippen LogP contribution in [0.5, 0.6) is 0 Å². The van der Waals surface area contributed by atoms with Crippen molar-refractivity contribution in [1.29, 1.82) is 0 Å². The number of rotatable bonds is 4. The fourth-order valence-corrected chi connectivity index (χ4v) is 3.71. The Bertz CT molecular complexity index is 670. The summed E-state index contributed by atoms with van der Waals surface area (Å²) in [5.74, 6) is 1.55. The highest BCUT2D eigenvalue weighted by Crippen LogP contribution is 2.25. The number of H-pyrrole nitrogens is 1. The normalized spacial score (nSPS) is 11.1. The Hall–Kier alpha value is -0.590. The van der Waals surface area contributed by atoms with Crippen LogP contribution in [0.2, 0.25) is 0 Å². The van der Waals surface area contributed by atoms with Crippen LogP contribution < -0.4 is 5.56 Å². The average Bonchev–Trinajstić information content (AvgIpc) is 2.39. The highest BCUT2D eigenvalue weighted by atomic mass is 79.9. The fraction of sp³-hybridized carbons (Fsp3) is 0.286. The molecule has 1 heterocycles. The van der Waals surface area contributed by atoms with E-state index in [0.717, 1.165) is 15.1 Å². The summed E-state index contributed by atoms with van der Waals surface area (Å²) in [6, 6.07) is 8.06. The van der Waals surface area contributed by atoms with Gasteiger partial charge in [0.2, 0.25) is 0 Å². The SMILES string of the molecule is CC(C)c1nc(CSc2cccc(Br)c2)[nH]c(=O)c1Br. The topological polar surface area (TPSA) is 45.8 Å². The lowest BCUT2D eigenvalue weighted by Gasteiger charge is -2.09. The van der Waals surface area contributed by atoms with Crippen LogP contribution in [0.3, 0.4) is 0 Å². The molecule has 0 bridgehead atoms. The van der Waals surface area contributed by atoms with E-state index >= 15 is 0 Å². The molecule has 0 aliphatic heterocycles. The van der Waals surface area contributed by atoms with Gasteiger partial charge in [-0.2, -0.15) is 0 Å². The molecule has 0 aliphatic rings. The maximum absolute atomic E-state index is 11.9. The first kappa shape index (κ1) is 15.8. The van der Waals surface area contributed by atoms with Crippen molar-refractivity contribution in [1.82, 2.24) is 9.97 Å². The lowest BCUT2D eigenvalue weighted by atomic mass is 10.1. The number of nitrogens with one attached hydrogen (secondary N) is 1. The van der Waals surface area contributed by atoms with Crippen molar-refractivity contribution in [3.63, 3.8) is 0 Å². The van der Waals surface area contributed by atoms with Crippen LogP contribution >= 0.6 is 43.6 Å². The minimum atomic E-state index is -0.117. The molecule has 0 aliphatic carbocycles. The second-order valence-corrected chi connectivity index (χ2v) is 7.37. The summed E-state index contributed by atoms with van der Waals surface area (Å²) in [6.07, 6.45) is 0. The molecule has 0 amide bonds. The van der Waals surface area contributed by atoms with E-state index in [1.807, 2.05) is 38.1 Å². The highest BCUT2D eigenvalue weighted by Gasteiger charge is 2.12. The quantitative estimate of drug-likeness (QED) is 0.732. The van der Waals surface area contributed by atoms with Crippen LogP contribution in [-0.4, -0.2) is 9.97 Å². The number of aromatic nitrogens is 2. The molecule has 0 saturated heterocycles. The zero-order chi connectivity index (χ0) is 14.7. The van der Waals surface area contributed by atoms with E-state index < -0.39 is 0 Å². The maximum atomic E-state index is 11.9. The third kappa shape index (κ3) is 3.96. The lowest BCUT2D eigenvalue weighted by Crippen LogP contribution is -2.16. The molecular weight excluding hydrogens is 404 g/mol. The second-order valence-electron chi connectivity index (χ2n) is 4.61. The van der Waals surface area contributed by atoms with Crippen molar-refractivity contribution < 1.29 is 0 Å². The van der Waals surface area contributed by atoms with Crippen LogP contribution in [0.15, 0.2) is 42.9 Å². The van der Waals surface area contributed by atoms with Crippen LogP contribution in [0.1, 0.15) is 31.3 Å². The zero-order valence-corrected chi connectivity index (χ0v) is 15.1. The van der Waals surface area contributed by atoms with Gasteiger partial charge in [0.15, 0.2) is 0 Å². The summed E-state index contributed by atoms with van der Waals surface area (Å²) < 4.78 is 1.58. The molecule has 3 nitrogen and oxygen atoms in total. The first-order valence-corrected chi connectivity index (χ1v) is 8.71. The van der Waals surface area contributed by atoms with Gasteiger partial charge in [-0.05, 0) is 40.0 Å². The van der Waals surface area contributed by atoms with Crippen molar-refractivity contribution in [2.75, 3.05) is 0 Å². The number of hydrogen-bond donors (Lipinski definition) is 1. The Labute approximate surface area is 138 Å². The van der Waals surface area contributed by atoms with Crippen molar-refractivity contribution >= 4 is 43.6 Å². The van der Waals surface area contributed by atoms with E-state index in [9.17, 15) is 4.79 Å². The molecule has 1 N–H and O–H groups in total. The van der Waals surface area contributed by atoms with Crippen LogP contribution in [0.25, 0.3) is 0 Å². The van der Waals surface area contributed by atoms with E-state index in [0.29, 0.717) is 16.0 Å². The number of nitrogens with zero attached hydrogens (tertiary/aromatic N) is 1. The fourth-order valence-electron chi connectivity index (χ4n) is 1.68. The summed E-state index contributed by atoms with van der Waals surface area (Å²) in [6.45, 7) is 4.05. The first-order valence-electron chi connectivity index (χ1n) is 6.14. The molecular formula is C14H14Br2N2OS. The average molecular weight is 418 g/mol. The number of thioether (sulfide) groups is 1. The lowest BCUT2D eigenvalue weighted by molar-refractivity contribution is 0.784. The van der Waals surface area contributed by atoms with Crippen LogP contribution in [-0.2, 0) is 5.75 Å². The Morgan fingerprint density at radius 2 is 2.10 bits per heavy atom. The van der Waals surface area contributed by atoms with Gasteiger partial charge in [-0.1, -0.05) is 35.8 Å². The second kappa shape index (κ2) is 6.91. The predicted octanol–water partition coefficient (Wildman–Crippen LogP) is 4.71. The largest absolute Gasteiger partial charge is 0.309 e. The minimum Gasteiger partial charge on any atom is -0.309 e. The smallest absolute Gasteiger partial charge is 0.265 e.